The minimum Gasteiger partial charge on any atom is -0.395 e. The van der Waals surface area contributed by atoms with Gasteiger partial charge in [0.1, 0.15) is 0 Å². The summed E-state index contributed by atoms with van der Waals surface area (Å²) in [7, 11) is 0. The zero-order chi connectivity index (χ0) is 10.9. The molecule has 1 saturated heterocycles. The van der Waals surface area contributed by atoms with Gasteiger partial charge in [0, 0.05) is 10.8 Å². The Hall–Kier alpha value is -0.510. The van der Waals surface area contributed by atoms with Crippen LogP contribution in [0.2, 0.25) is 0 Å². The van der Waals surface area contributed by atoms with E-state index in [2.05, 4.69) is 43.4 Å². The molecule has 2 atom stereocenters. The summed E-state index contributed by atoms with van der Waals surface area (Å²) in [6.07, 6.45) is 0. The van der Waals surface area contributed by atoms with Gasteiger partial charge < -0.3 is 5.11 Å². The summed E-state index contributed by atoms with van der Waals surface area (Å²) in [5, 5.41) is 13.1. The molecule has 0 bridgehead atoms. The fraction of sp³-hybridized carbons (Fsp3) is 0.500. The smallest absolute Gasteiger partial charge is 0.0798 e. The van der Waals surface area contributed by atoms with E-state index in [0.717, 1.165) is 0 Å². The number of benzene rings is 1. The zero-order valence-electron chi connectivity index (χ0n) is 9.10. The van der Waals surface area contributed by atoms with Crippen LogP contribution in [0.5, 0.6) is 0 Å². The average molecular weight is 223 g/mol. The maximum absolute atomic E-state index is 9.29. The largest absolute Gasteiger partial charge is 0.395 e. The molecular formula is C12H17NOS. The van der Waals surface area contributed by atoms with Gasteiger partial charge in [0.05, 0.1) is 12.0 Å². The van der Waals surface area contributed by atoms with Gasteiger partial charge in [0.25, 0.3) is 0 Å². The first-order chi connectivity index (χ1) is 7.13. The molecule has 1 aromatic rings. The highest BCUT2D eigenvalue weighted by atomic mass is 32.2. The summed E-state index contributed by atoms with van der Waals surface area (Å²) in [5.41, 5.74) is 1.28. The third kappa shape index (κ3) is 2.19. The number of aliphatic hydroxyl groups excluding tert-OH is 1. The van der Waals surface area contributed by atoms with Gasteiger partial charge in [-0.1, -0.05) is 30.3 Å². The molecule has 1 aliphatic rings. The summed E-state index contributed by atoms with van der Waals surface area (Å²) < 4.78 is 0.0925. The molecule has 1 fully saturated rings. The summed E-state index contributed by atoms with van der Waals surface area (Å²) in [6.45, 7) is 4.55. The van der Waals surface area contributed by atoms with Crippen molar-refractivity contribution >= 4 is 11.8 Å². The lowest BCUT2D eigenvalue weighted by molar-refractivity contribution is 0.229. The number of rotatable bonds is 2. The summed E-state index contributed by atoms with van der Waals surface area (Å²) in [6, 6.07) is 10.6. The van der Waals surface area contributed by atoms with Gasteiger partial charge in [-0.2, -0.15) is 0 Å². The van der Waals surface area contributed by atoms with Crippen LogP contribution >= 0.6 is 11.8 Å². The van der Waals surface area contributed by atoms with Crippen LogP contribution in [0.4, 0.5) is 0 Å². The second-order valence-electron chi connectivity index (χ2n) is 4.41. The number of thioether (sulfide) groups is 1. The zero-order valence-corrected chi connectivity index (χ0v) is 9.92. The second kappa shape index (κ2) is 4.16. The lowest BCUT2D eigenvalue weighted by Crippen LogP contribution is -2.39. The predicted molar refractivity (Wildman–Crippen MR) is 64.9 cm³/mol. The van der Waals surface area contributed by atoms with Crippen LogP contribution in [0.1, 0.15) is 24.8 Å². The molecule has 0 aliphatic carbocycles. The highest BCUT2D eigenvalue weighted by Gasteiger charge is 2.40. The van der Waals surface area contributed by atoms with E-state index < -0.39 is 0 Å². The van der Waals surface area contributed by atoms with Crippen LogP contribution in [0.15, 0.2) is 30.3 Å². The van der Waals surface area contributed by atoms with Gasteiger partial charge in [-0.15, -0.1) is 11.8 Å². The third-order valence-electron chi connectivity index (χ3n) is 2.90. The minimum absolute atomic E-state index is 0.0925. The molecule has 2 nitrogen and oxygen atoms in total. The van der Waals surface area contributed by atoms with E-state index in [1.807, 2.05) is 17.8 Å². The first-order valence-corrected chi connectivity index (χ1v) is 6.11. The number of hydrogen-bond acceptors (Lipinski definition) is 3. The molecule has 15 heavy (non-hydrogen) atoms. The van der Waals surface area contributed by atoms with E-state index in [-0.39, 0.29) is 17.4 Å². The van der Waals surface area contributed by atoms with Crippen molar-refractivity contribution in [2.45, 2.75) is 30.0 Å². The fourth-order valence-electron chi connectivity index (χ4n) is 1.87. The molecule has 1 unspecified atom stereocenters. The van der Waals surface area contributed by atoms with Crippen LogP contribution in [0, 0.1) is 0 Å². The summed E-state index contributed by atoms with van der Waals surface area (Å²) in [5.74, 6) is 0. The molecule has 2 N–H and O–H groups in total. The minimum atomic E-state index is 0.0925. The Labute approximate surface area is 95.1 Å². The van der Waals surface area contributed by atoms with Crippen molar-refractivity contribution in [1.82, 2.24) is 5.32 Å². The molecule has 0 spiro atoms. The molecule has 2 rings (SSSR count). The van der Waals surface area contributed by atoms with Crippen LogP contribution in [-0.2, 0) is 0 Å². The molecule has 0 saturated carbocycles. The number of nitrogens with one attached hydrogen (secondary N) is 1. The molecular weight excluding hydrogens is 206 g/mol. The lowest BCUT2D eigenvalue weighted by atomic mass is 10.0. The van der Waals surface area contributed by atoms with Crippen molar-refractivity contribution in [2.75, 3.05) is 6.61 Å². The molecule has 1 heterocycles. The van der Waals surface area contributed by atoms with Crippen molar-refractivity contribution in [3.05, 3.63) is 35.9 Å². The van der Waals surface area contributed by atoms with Gasteiger partial charge >= 0.3 is 0 Å². The Balaban J connectivity index is 2.16. The molecule has 1 aliphatic heterocycles. The van der Waals surface area contributed by atoms with Gasteiger partial charge in [0.15, 0.2) is 0 Å². The highest BCUT2D eigenvalue weighted by molar-refractivity contribution is 8.01. The van der Waals surface area contributed by atoms with E-state index in [1.54, 1.807) is 0 Å². The van der Waals surface area contributed by atoms with Crippen molar-refractivity contribution < 1.29 is 5.11 Å². The van der Waals surface area contributed by atoms with E-state index >= 15 is 0 Å². The standard InChI is InChI=1S/C12H17NOS/c1-12(2)10(8-14)13-11(15-12)9-6-4-3-5-7-9/h3-7,10-11,13-14H,8H2,1-2H3/t10-,11?/m0/s1. The Kier molecular flexibility index (Phi) is 3.05. The summed E-state index contributed by atoms with van der Waals surface area (Å²) >= 11 is 1.88. The first-order valence-electron chi connectivity index (χ1n) is 5.23. The quantitative estimate of drug-likeness (QED) is 0.806. The Morgan fingerprint density at radius 1 is 1.33 bits per heavy atom. The van der Waals surface area contributed by atoms with Crippen molar-refractivity contribution in [2.24, 2.45) is 0 Å². The normalized spacial score (nSPS) is 29.3. The van der Waals surface area contributed by atoms with Crippen LogP contribution in [0.25, 0.3) is 0 Å². The molecule has 1 aromatic carbocycles. The maximum Gasteiger partial charge on any atom is 0.0798 e. The Morgan fingerprint density at radius 2 is 2.00 bits per heavy atom. The molecule has 0 radical (unpaired) electrons. The van der Waals surface area contributed by atoms with E-state index in [1.165, 1.54) is 5.56 Å². The Bertz CT molecular complexity index is 326. The van der Waals surface area contributed by atoms with Gasteiger partial charge in [-0.05, 0) is 19.4 Å². The van der Waals surface area contributed by atoms with E-state index in [4.69, 9.17) is 0 Å². The Morgan fingerprint density at radius 3 is 2.53 bits per heavy atom. The molecule has 3 heteroatoms. The van der Waals surface area contributed by atoms with Crippen LogP contribution in [-0.4, -0.2) is 22.5 Å². The molecule has 0 aromatic heterocycles. The third-order valence-corrected chi connectivity index (χ3v) is 4.43. The van der Waals surface area contributed by atoms with Crippen molar-refractivity contribution in [3.63, 3.8) is 0 Å². The van der Waals surface area contributed by atoms with Gasteiger partial charge in [-0.3, -0.25) is 5.32 Å². The second-order valence-corrected chi connectivity index (χ2v) is 6.17. The first kappa shape index (κ1) is 11.0. The molecule has 82 valence electrons. The fourth-order valence-corrected chi connectivity index (χ4v) is 3.31. The number of hydrogen-bond donors (Lipinski definition) is 2. The maximum atomic E-state index is 9.29. The van der Waals surface area contributed by atoms with Crippen molar-refractivity contribution in [3.8, 4) is 0 Å². The van der Waals surface area contributed by atoms with Gasteiger partial charge in [0.2, 0.25) is 0 Å². The monoisotopic (exact) mass is 223 g/mol. The summed E-state index contributed by atoms with van der Waals surface area (Å²) in [4.78, 5) is 0. The van der Waals surface area contributed by atoms with Crippen LogP contribution < -0.4 is 5.32 Å². The highest BCUT2D eigenvalue weighted by Crippen LogP contribution is 2.45. The van der Waals surface area contributed by atoms with E-state index in [9.17, 15) is 5.11 Å². The number of aliphatic hydroxyl groups is 1. The van der Waals surface area contributed by atoms with Crippen LogP contribution in [0.3, 0.4) is 0 Å². The SMILES string of the molecule is CC1(C)SC(c2ccccc2)N[C@H]1CO. The predicted octanol–water partition coefficient (Wildman–Crippen LogP) is 2.16. The van der Waals surface area contributed by atoms with Gasteiger partial charge in [-0.25, -0.2) is 0 Å². The van der Waals surface area contributed by atoms with E-state index in [0.29, 0.717) is 5.37 Å². The molecule has 0 amide bonds. The topological polar surface area (TPSA) is 32.3 Å². The lowest BCUT2D eigenvalue weighted by Gasteiger charge is -2.22. The van der Waals surface area contributed by atoms with Crippen molar-refractivity contribution in [1.29, 1.82) is 0 Å². The average Bonchev–Trinajstić information content (AvgIpc) is 2.55.